The zero-order chi connectivity index (χ0) is 14.9. The molecule has 1 fully saturated rings. The number of methoxy groups -OCH3 is 1. The number of thioether (sulfide) groups is 2. The molecule has 0 aromatic heterocycles. The lowest BCUT2D eigenvalue weighted by atomic mass is 10.0. The van der Waals surface area contributed by atoms with E-state index in [4.69, 9.17) is 4.74 Å². The van der Waals surface area contributed by atoms with Gasteiger partial charge in [-0.15, -0.1) is 11.8 Å². The van der Waals surface area contributed by atoms with Crippen LogP contribution in [0.15, 0.2) is 11.3 Å². The number of esters is 1. The summed E-state index contributed by atoms with van der Waals surface area (Å²) in [5.41, 5.74) is 1.14. The van der Waals surface area contributed by atoms with E-state index in [2.05, 4.69) is 5.32 Å². The summed E-state index contributed by atoms with van der Waals surface area (Å²) < 4.78 is 4.73. The van der Waals surface area contributed by atoms with Crippen LogP contribution in [0.1, 0.15) is 6.92 Å². The van der Waals surface area contributed by atoms with E-state index in [1.807, 2.05) is 13.2 Å². The summed E-state index contributed by atoms with van der Waals surface area (Å²) in [6, 6.07) is -0.549. The summed E-state index contributed by atoms with van der Waals surface area (Å²) in [5.74, 6) is 0.0432. The average Bonchev–Trinajstić information content (AvgIpc) is 2.44. The first-order valence-electron chi connectivity index (χ1n) is 6.02. The highest BCUT2D eigenvalue weighted by Gasteiger charge is 2.53. The van der Waals surface area contributed by atoms with Crippen LogP contribution in [0.3, 0.4) is 0 Å². The molecule has 2 rings (SSSR count). The minimum atomic E-state index is -0.549. The van der Waals surface area contributed by atoms with Gasteiger partial charge in [0, 0.05) is 5.75 Å². The van der Waals surface area contributed by atoms with Crippen LogP contribution in [0.4, 0.5) is 0 Å². The molecule has 0 spiro atoms. The Morgan fingerprint density at radius 3 is 2.85 bits per heavy atom. The molecule has 1 N–H and O–H groups in total. The van der Waals surface area contributed by atoms with Crippen LogP contribution in [0.5, 0.6) is 0 Å². The number of β-lactam (4-membered cyclic amide) rings is 1. The van der Waals surface area contributed by atoms with E-state index < -0.39 is 12.0 Å². The normalized spacial score (nSPS) is 24.9. The number of hydrogen-bond donors (Lipinski definition) is 1. The Balaban J connectivity index is 2.12. The van der Waals surface area contributed by atoms with E-state index in [1.165, 1.54) is 23.8 Å². The van der Waals surface area contributed by atoms with Gasteiger partial charge in [-0.3, -0.25) is 14.5 Å². The molecule has 2 aliphatic heterocycles. The molecule has 20 heavy (non-hydrogen) atoms. The summed E-state index contributed by atoms with van der Waals surface area (Å²) in [7, 11) is 1.29. The van der Waals surface area contributed by atoms with Crippen molar-refractivity contribution in [2.45, 2.75) is 18.3 Å². The predicted octanol–water partition coefficient (Wildman–Crippen LogP) is 0.196. The maximum atomic E-state index is 12.2. The van der Waals surface area contributed by atoms with Crippen molar-refractivity contribution in [3.05, 3.63) is 11.3 Å². The molecule has 0 saturated carbocycles. The first kappa shape index (κ1) is 15.2. The van der Waals surface area contributed by atoms with Gasteiger partial charge >= 0.3 is 5.97 Å². The number of ether oxygens (including phenoxy) is 1. The van der Waals surface area contributed by atoms with Crippen molar-refractivity contribution in [2.75, 3.05) is 24.9 Å². The molecule has 1 unspecified atom stereocenters. The second-order valence-corrected chi connectivity index (χ2v) is 6.48. The number of carbonyl (C=O) groups is 3. The van der Waals surface area contributed by atoms with Gasteiger partial charge in [-0.05, 0) is 18.8 Å². The summed E-state index contributed by atoms with van der Waals surface area (Å²) in [5, 5.41) is 2.50. The highest BCUT2D eigenvalue weighted by Crippen LogP contribution is 2.40. The van der Waals surface area contributed by atoms with Crippen molar-refractivity contribution >= 4 is 41.3 Å². The molecule has 0 aromatic carbocycles. The number of nitrogens with one attached hydrogen (secondary N) is 1. The molecule has 2 heterocycles. The van der Waals surface area contributed by atoms with Crippen LogP contribution in [0.25, 0.3) is 0 Å². The van der Waals surface area contributed by atoms with Crippen LogP contribution < -0.4 is 5.32 Å². The molecule has 2 amide bonds. The lowest BCUT2D eigenvalue weighted by Crippen LogP contribution is -2.70. The Morgan fingerprint density at radius 1 is 1.55 bits per heavy atom. The molecule has 1 saturated heterocycles. The van der Waals surface area contributed by atoms with Gasteiger partial charge in [-0.1, -0.05) is 0 Å². The fraction of sp³-hybridized carbons (Fsp3) is 0.583. The van der Waals surface area contributed by atoms with E-state index in [1.54, 1.807) is 11.8 Å². The molecular formula is C12H16N2O4S2. The molecule has 0 radical (unpaired) electrons. The molecular weight excluding hydrogens is 300 g/mol. The summed E-state index contributed by atoms with van der Waals surface area (Å²) in [6.45, 7) is 1.81. The summed E-state index contributed by atoms with van der Waals surface area (Å²) in [4.78, 5) is 36.9. The fourth-order valence-corrected chi connectivity index (χ4v) is 3.84. The number of rotatable bonds is 4. The Bertz CT molecular complexity index is 492. The van der Waals surface area contributed by atoms with Gasteiger partial charge in [-0.25, -0.2) is 4.79 Å². The third-order valence-electron chi connectivity index (χ3n) is 3.13. The highest BCUT2D eigenvalue weighted by atomic mass is 32.2. The number of amides is 2. The van der Waals surface area contributed by atoms with Gasteiger partial charge in [0.1, 0.15) is 17.1 Å². The maximum absolute atomic E-state index is 12.2. The van der Waals surface area contributed by atoms with Gasteiger partial charge in [0.2, 0.25) is 5.91 Å². The van der Waals surface area contributed by atoms with Gasteiger partial charge in [0.05, 0.1) is 12.9 Å². The molecule has 6 nitrogen and oxygen atoms in total. The number of nitrogens with zero attached hydrogens (tertiary/aromatic N) is 1. The van der Waals surface area contributed by atoms with Crippen LogP contribution >= 0.6 is 23.5 Å². The van der Waals surface area contributed by atoms with E-state index >= 15 is 0 Å². The van der Waals surface area contributed by atoms with E-state index in [0.29, 0.717) is 17.2 Å². The third kappa shape index (κ3) is 2.54. The topological polar surface area (TPSA) is 75.7 Å². The van der Waals surface area contributed by atoms with Crippen LogP contribution in [-0.2, 0) is 19.1 Å². The lowest BCUT2D eigenvalue weighted by molar-refractivity contribution is -0.151. The molecule has 2 aliphatic rings. The lowest BCUT2D eigenvalue weighted by Gasteiger charge is -2.49. The van der Waals surface area contributed by atoms with Crippen molar-refractivity contribution in [1.82, 2.24) is 10.2 Å². The predicted molar refractivity (Wildman–Crippen MR) is 78.1 cm³/mol. The number of hydrogen-bond acceptors (Lipinski definition) is 6. The van der Waals surface area contributed by atoms with Crippen LogP contribution in [-0.4, -0.2) is 59.0 Å². The standard InChI is InChI=1S/C12H16N2O4S2/c1-6-4-20-11-8(13-7(15)5-19-3)10(16)14(11)9(6)12(17)18-2/h8,11H,4-5H2,1-3H3,(H,13,15)/t8?,11-/m0/s1. The van der Waals surface area contributed by atoms with Crippen molar-refractivity contribution < 1.29 is 19.1 Å². The summed E-state index contributed by atoms with van der Waals surface area (Å²) >= 11 is 2.94. The average molecular weight is 316 g/mol. The minimum Gasteiger partial charge on any atom is -0.464 e. The maximum Gasteiger partial charge on any atom is 0.354 e. The largest absolute Gasteiger partial charge is 0.464 e. The van der Waals surface area contributed by atoms with Crippen LogP contribution in [0.2, 0.25) is 0 Å². The van der Waals surface area contributed by atoms with E-state index in [-0.39, 0.29) is 17.2 Å². The van der Waals surface area contributed by atoms with Crippen molar-refractivity contribution in [1.29, 1.82) is 0 Å². The number of fused-ring (bicyclic) bond motifs is 1. The zero-order valence-corrected chi connectivity index (χ0v) is 13.1. The quantitative estimate of drug-likeness (QED) is 0.590. The first-order chi connectivity index (χ1) is 9.51. The van der Waals surface area contributed by atoms with Gasteiger partial charge in [0.25, 0.3) is 5.91 Å². The second kappa shape index (κ2) is 6.09. The second-order valence-electron chi connectivity index (χ2n) is 4.51. The van der Waals surface area contributed by atoms with Crippen molar-refractivity contribution in [2.24, 2.45) is 0 Å². The molecule has 0 aromatic rings. The Morgan fingerprint density at radius 2 is 2.25 bits per heavy atom. The van der Waals surface area contributed by atoms with E-state index in [9.17, 15) is 14.4 Å². The number of carbonyl (C=O) groups excluding carboxylic acids is 3. The molecule has 8 heteroatoms. The Labute approximate surface area is 125 Å². The smallest absolute Gasteiger partial charge is 0.354 e. The summed E-state index contributed by atoms with van der Waals surface area (Å²) in [6.07, 6.45) is 1.82. The molecule has 110 valence electrons. The molecule has 0 aliphatic carbocycles. The van der Waals surface area contributed by atoms with Gasteiger partial charge < -0.3 is 10.1 Å². The molecule has 2 atom stereocenters. The monoisotopic (exact) mass is 316 g/mol. The van der Waals surface area contributed by atoms with Gasteiger partial charge in [-0.2, -0.15) is 11.8 Å². The minimum absolute atomic E-state index is 0.165. The first-order valence-corrected chi connectivity index (χ1v) is 8.46. The SMILES string of the molecule is COC(=O)C1=C(C)CS[C@H]2C(NC(=O)CSC)C(=O)N12. The van der Waals surface area contributed by atoms with Crippen molar-refractivity contribution in [3.8, 4) is 0 Å². The third-order valence-corrected chi connectivity index (χ3v) is 5.10. The van der Waals surface area contributed by atoms with Crippen LogP contribution in [0, 0.1) is 0 Å². The Hall–Kier alpha value is -1.15. The zero-order valence-electron chi connectivity index (χ0n) is 11.5. The Kier molecular flexibility index (Phi) is 4.64. The van der Waals surface area contributed by atoms with Gasteiger partial charge in [0.15, 0.2) is 0 Å². The highest BCUT2D eigenvalue weighted by molar-refractivity contribution is 8.00. The molecule has 0 bridgehead atoms. The van der Waals surface area contributed by atoms with E-state index in [0.717, 1.165) is 5.57 Å². The fourth-order valence-electron chi connectivity index (χ4n) is 2.21. The van der Waals surface area contributed by atoms with Crippen molar-refractivity contribution in [3.63, 3.8) is 0 Å².